The molecule has 0 aromatic heterocycles. The number of rotatable bonds is 1. The third-order valence-corrected chi connectivity index (χ3v) is 4.01. The molecule has 0 bridgehead atoms. The zero-order chi connectivity index (χ0) is 13.4. The Kier molecular flexibility index (Phi) is 3.61. The van der Waals surface area contributed by atoms with Crippen molar-refractivity contribution in [1.82, 2.24) is 5.32 Å². The van der Waals surface area contributed by atoms with Crippen molar-refractivity contribution in [2.75, 3.05) is 18.0 Å². The fourth-order valence-corrected chi connectivity index (χ4v) is 2.69. The van der Waals surface area contributed by atoms with Gasteiger partial charge in [-0.25, -0.2) is 0 Å². The average molecular weight is 267 g/mol. The first-order valence-electron chi connectivity index (χ1n) is 6.58. The molecule has 0 spiro atoms. The highest BCUT2D eigenvalue weighted by molar-refractivity contribution is 6.30. The molecule has 1 aliphatic heterocycles. The van der Waals surface area contributed by atoms with Gasteiger partial charge in [-0.3, -0.25) is 0 Å². The number of halogens is 1. The Morgan fingerprint density at radius 1 is 1.11 bits per heavy atom. The predicted octanol–water partition coefficient (Wildman–Crippen LogP) is 3.70. The normalized spacial score (nSPS) is 22.6. The molecular formula is C15H23ClN2. The fraction of sp³-hybridized carbons (Fsp3) is 0.600. The second-order valence-corrected chi connectivity index (χ2v) is 6.87. The lowest BCUT2D eigenvalue weighted by Crippen LogP contribution is -2.51. The van der Waals surface area contributed by atoms with Gasteiger partial charge in [-0.2, -0.15) is 0 Å². The second-order valence-electron chi connectivity index (χ2n) is 6.44. The molecule has 1 saturated heterocycles. The molecule has 1 aromatic carbocycles. The summed E-state index contributed by atoms with van der Waals surface area (Å²) in [6.07, 6.45) is 1.14. The lowest BCUT2D eigenvalue weighted by molar-refractivity contribution is 0.409. The number of benzene rings is 1. The maximum Gasteiger partial charge on any atom is 0.0407 e. The van der Waals surface area contributed by atoms with Crippen LogP contribution in [0, 0.1) is 0 Å². The number of hydrogen-bond acceptors (Lipinski definition) is 2. The Morgan fingerprint density at radius 2 is 1.72 bits per heavy atom. The third kappa shape index (κ3) is 2.99. The van der Waals surface area contributed by atoms with Gasteiger partial charge < -0.3 is 10.2 Å². The molecule has 1 aromatic rings. The molecule has 2 rings (SSSR count). The van der Waals surface area contributed by atoms with E-state index in [0.29, 0.717) is 0 Å². The minimum atomic E-state index is 0.132. The fourth-order valence-electron chi connectivity index (χ4n) is 2.57. The topological polar surface area (TPSA) is 15.3 Å². The average Bonchev–Trinajstić information content (AvgIpc) is 2.36. The van der Waals surface area contributed by atoms with Crippen LogP contribution in [0.5, 0.6) is 0 Å². The maximum absolute atomic E-state index is 5.98. The number of anilines is 1. The highest BCUT2D eigenvalue weighted by Crippen LogP contribution is 2.31. The highest BCUT2D eigenvalue weighted by atomic mass is 35.5. The van der Waals surface area contributed by atoms with Gasteiger partial charge in [0.15, 0.2) is 0 Å². The van der Waals surface area contributed by atoms with Crippen molar-refractivity contribution in [2.24, 2.45) is 0 Å². The van der Waals surface area contributed by atoms with Crippen LogP contribution in [-0.4, -0.2) is 24.2 Å². The van der Waals surface area contributed by atoms with E-state index in [-0.39, 0.29) is 11.1 Å². The molecule has 3 heteroatoms. The van der Waals surface area contributed by atoms with E-state index in [1.807, 2.05) is 12.1 Å². The van der Waals surface area contributed by atoms with Crippen molar-refractivity contribution in [1.29, 1.82) is 0 Å². The molecule has 0 amide bonds. The van der Waals surface area contributed by atoms with E-state index in [0.717, 1.165) is 24.5 Å². The zero-order valence-electron chi connectivity index (χ0n) is 11.8. The summed E-state index contributed by atoms with van der Waals surface area (Å²) in [5.74, 6) is 0. The summed E-state index contributed by atoms with van der Waals surface area (Å²) in [5, 5.41) is 4.42. The van der Waals surface area contributed by atoms with Gasteiger partial charge in [-0.05, 0) is 64.9 Å². The summed E-state index contributed by atoms with van der Waals surface area (Å²) in [6.45, 7) is 11.2. The minimum Gasteiger partial charge on any atom is -0.365 e. The maximum atomic E-state index is 5.98. The quantitative estimate of drug-likeness (QED) is 0.834. The summed E-state index contributed by atoms with van der Waals surface area (Å²) < 4.78 is 0. The smallest absolute Gasteiger partial charge is 0.0407 e. The van der Waals surface area contributed by atoms with E-state index in [1.54, 1.807) is 0 Å². The van der Waals surface area contributed by atoms with E-state index < -0.39 is 0 Å². The van der Waals surface area contributed by atoms with Crippen LogP contribution in [0.15, 0.2) is 24.3 Å². The van der Waals surface area contributed by atoms with Gasteiger partial charge in [0, 0.05) is 28.3 Å². The molecule has 1 fully saturated rings. The zero-order valence-corrected chi connectivity index (χ0v) is 12.5. The largest absolute Gasteiger partial charge is 0.365 e. The van der Waals surface area contributed by atoms with Gasteiger partial charge in [0.25, 0.3) is 0 Å². The van der Waals surface area contributed by atoms with Gasteiger partial charge in [0.1, 0.15) is 0 Å². The molecule has 0 unspecified atom stereocenters. The van der Waals surface area contributed by atoms with Crippen LogP contribution in [0.2, 0.25) is 5.02 Å². The molecular weight excluding hydrogens is 244 g/mol. The van der Waals surface area contributed by atoms with Gasteiger partial charge in [0.05, 0.1) is 0 Å². The van der Waals surface area contributed by atoms with Crippen molar-refractivity contribution in [3.63, 3.8) is 0 Å². The van der Waals surface area contributed by atoms with Gasteiger partial charge in [-0.1, -0.05) is 11.6 Å². The predicted molar refractivity (Wildman–Crippen MR) is 79.6 cm³/mol. The summed E-state index contributed by atoms with van der Waals surface area (Å²) in [5.41, 5.74) is 1.54. The number of hydrogen-bond donors (Lipinski definition) is 1. The summed E-state index contributed by atoms with van der Waals surface area (Å²) in [4.78, 5) is 2.49. The first kappa shape index (κ1) is 13.7. The molecule has 1 N–H and O–H groups in total. The van der Waals surface area contributed by atoms with Gasteiger partial charge >= 0.3 is 0 Å². The molecule has 1 heterocycles. The standard InChI is InChI=1S/C15H23ClN2/c1-14(2)11-18(15(3,4)9-10-17-14)13-7-5-12(16)6-8-13/h5-8,17H,9-11H2,1-4H3. The van der Waals surface area contributed by atoms with Crippen LogP contribution in [0.4, 0.5) is 5.69 Å². The molecule has 2 nitrogen and oxygen atoms in total. The second kappa shape index (κ2) is 4.75. The summed E-state index contributed by atoms with van der Waals surface area (Å²) in [6, 6.07) is 8.17. The molecule has 1 aliphatic rings. The Labute approximate surface area is 115 Å². The molecule has 100 valence electrons. The Hall–Kier alpha value is -0.730. The Balaban J connectivity index is 2.34. The van der Waals surface area contributed by atoms with Crippen molar-refractivity contribution in [3.8, 4) is 0 Å². The van der Waals surface area contributed by atoms with Crippen molar-refractivity contribution >= 4 is 17.3 Å². The van der Waals surface area contributed by atoms with Crippen LogP contribution in [0.3, 0.4) is 0 Å². The molecule has 0 aliphatic carbocycles. The van der Waals surface area contributed by atoms with Crippen LogP contribution in [0.1, 0.15) is 34.1 Å². The molecule has 0 radical (unpaired) electrons. The minimum absolute atomic E-state index is 0.132. The SMILES string of the molecule is CC1(C)CN(c2ccc(Cl)cc2)C(C)(C)CCN1. The molecule has 0 atom stereocenters. The van der Waals surface area contributed by atoms with E-state index in [2.05, 4.69) is 50.0 Å². The van der Waals surface area contributed by atoms with Crippen LogP contribution in [-0.2, 0) is 0 Å². The number of nitrogens with zero attached hydrogens (tertiary/aromatic N) is 1. The van der Waals surface area contributed by atoms with E-state index in [4.69, 9.17) is 11.6 Å². The van der Waals surface area contributed by atoms with Crippen LogP contribution >= 0.6 is 11.6 Å². The molecule has 18 heavy (non-hydrogen) atoms. The summed E-state index contributed by atoms with van der Waals surface area (Å²) in [7, 11) is 0. The van der Waals surface area contributed by atoms with Gasteiger partial charge in [-0.15, -0.1) is 0 Å². The first-order chi connectivity index (χ1) is 8.30. The highest BCUT2D eigenvalue weighted by Gasteiger charge is 2.34. The summed E-state index contributed by atoms with van der Waals surface area (Å²) >= 11 is 5.98. The van der Waals surface area contributed by atoms with E-state index in [1.165, 1.54) is 5.69 Å². The third-order valence-electron chi connectivity index (χ3n) is 3.76. The monoisotopic (exact) mass is 266 g/mol. The lowest BCUT2D eigenvalue weighted by atomic mass is 9.96. The van der Waals surface area contributed by atoms with Crippen LogP contribution < -0.4 is 10.2 Å². The van der Waals surface area contributed by atoms with E-state index >= 15 is 0 Å². The first-order valence-corrected chi connectivity index (χ1v) is 6.96. The van der Waals surface area contributed by atoms with Gasteiger partial charge in [0.2, 0.25) is 0 Å². The van der Waals surface area contributed by atoms with Crippen molar-refractivity contribution < 1.29 is 0 Å². The van der Waals surface area contributed by atoms with Crippen molar-refractivity contribution in [2.45, 2.75) is 45.2 Å². The van der Waals surface area contributed by atoms with Crippen molar-refractivity contribution in [3.05, 3.63) is 29.3 Å². The van der Waals surface area contributed by atoms with E-state index in [9.17, 15) is 0 Å². The lowest BCUT2D eigenvalue weighted by Gasteiger charge is -2.41. The Bertz CT molecular complexity index is 409. The Morgan fingerprint density at radius 3 is 2.33 bits per heavy atom. The number of nitrogens with one attached hydrogen (secondary N) is 1. The molecule has 0 saturated carbocycles. The van der Waals surface area contributed by atoms with Crippen LogP contribution in [0.25, 0.3) is 0 Å².